The molecule has 0 fully saturated rings. The van der Waals surface area contributed by atoms with E-state index in [4.69, 9.17) is 5.11 Å². The number of ether oxygens (including phenoxy) is 1. The summed E-state index contributed by atoms with van der Waals surface area (Å²) >= 11 is 1.01. The second-order valence-corrected chi connectivity index (χ2v) is 5.25. The Hall–Kier alpha value is -2.74. The number of carboxylic acids is 1. The van der Waals surface area contributed by atoms with E-state index in [1.165, 1.54) is 49.1 Å². The van der Waals surface area contributed by atoms with Gasteiger partial charge in [0.2, 0.25) is 0 Å². The average molecular weight is 320 g/mol. The number of esters is 1. The predicted octanol–water partition coefficient (Wildman–Crippen LogP) is 1.16. The zero-order chi connectivity index (χ0) is 16.3. The van der Waals surface area contributed by atoms with Gasteiger partial charge in [-0.3, -0.25) is 9.36 Å². The number of hydrogen-bond acceptors (Lipinski definition) is 6. The summed E-state index contributed by atoms with van der Waals surface area (Å²) < 4.78 is 5.89. The predicted molar refractivity (Wildman–Crippen MR) is 79.5 cm³/mol. The van der Waals surface area contributed by atoms with Crippen molar-refractivity contribution in [3.63, 3.8) is 0 Å². The molecule has 1 aromatic heterocycles. The molecule has 0 saturated heterocycles. The van der Waals surface area contributed by atoms with E-state index >= 15 is 0 Å². The van der Waals surface area contributed by atoms with Gasteiger partial charge in [0.25, 0.3) is 5.56 Å². The van der Waals surface area contributed by atoms with Crippen LogP contribution in [-0.4, -0.2) is 28.7 Å². The van der Waals surface area contributed by atoms with Gasteiger partial charge in [0.05, 0.1) is 18.4 Å². The zero-order valence-electron chi connectivity index (χ0n) is 11.8. The van der Waals surface area contributed by atoms with Crippen LogP contribution < -0.4 is 10.4 Å². The maximum Gasteiger partial charge on any atom is 0.348 e. The molecule has 114 valence electrons. The molecule has 0 saturated carbocycles. The van der Waals surface area contributed by atoms with E-state index in [-0.39, 0.29) is 16.0 Å². The van der Waals surface area contributed by atoms with E-state index in [9.17, 15) is 14.4 Å². The smallest absolute Gasteiger partial charge is 0.348 e. The van der Waals surface area contributed by atoms with Gasteiger partial charge < -0.3 is 9.84 Å². The van der Waals surface area contributed by atoms with Gasteiger partial charge in [0, 0.05) is 13.1 Å². The Morgan fingerprint density at radius 3 is 2.45 bits per heavy atom. The highest BCUT2D eigenvalue weighted by Crippen LogP contribution is 2.12. The summed E-state index contributed by atoms with van der Waals surface area (Å²) in [5.41, 5.74) is 0.221. The molecule has 1 heterocycles. The SMILES string of the molecule is COC(=O)c1cc(=O)n(C)c(=Nc2ccc(C(=O)O)cc2)s1. The third-order valence-corrected chi connectivity index (χ3v) is 3.85. The Labute approximate surface area is 128 Å². The molecule has 0 unspecified atom stereocenters. The number of carbonyl (C=O) groups is 2. The molecule has 7 nitrogen and oxygen atoms in total. The quantitative estimate of drug-likeness (QED) is 0.856. The van der Waals surface area contributed by atoms with Crippen molar-refractivity contribution in [2.45, 2.75) is 0 Å². The molecule has 0 atom stereocenters. The summed E-state index contributed by atoms with van der Waals surface area (Å²) in [5, 5.41) is 8.85. The highest BCUT2D eigenvalue weighted by Gasteiger charge is 2.09. The van der Waals surface area contributed by atoms with Crippen LogP contribution in [0.15, 0.2) is 40.1 Å². The largest absolute Gasteiger partial charge is 0.478 e. The van der Waals surface area contributed by atoms with E-state index in [1.54, 1.807) is 0 Å². The van der Waals surface area contributed by atoms with Gasteiger partial charge >= 0.3 is 11.9 Å². The normalized spacial score (nSPS) is 11.3. The van der Waals surface area contributed by atoms with Crippen LogP contribution in [0, 0.1) is 0 Å². The molecule has 0 radical (unpaired) electrons. The minimum atomic E-state index is -1.03. The molecule has 0 aliphatic carbocycles. The number of aromatic nitrogens is 1. The number of carbonyl (C=O) groups excluding carboxylic acids is 1. The number of rotatable bonds is 3. The number of methoxy groups -OCH3 is 1. The Balaban J connectivity index is 2.55. The first-order chi connectivity index (χ1) is 10.4. The lowest BCUT2D eigenvalue weighted by atomic mass is 10.2. The molecular formula is C14H12N2O5S. The number of benzene rings is 1. The number of hydrogen-bond donors (Lipinski definition) is 1. The Kier molecular flexibility index (Phi) is 4.52. The number of carboxylic acid groups (broad SMARTS) is 1. The Morgan fingerprint density at radius 2 is 1.91 bits per heavy atom. The van der Waals surface area contributed by atoms with Crippen molar-refractivity contribution in [3.05, 3.63) is 55.9 Å². The summed E-state index contributed by atoms with van der Waals surface area (Å²) in [5.74, 6) is -1.64. The third kappa shape index (κ3) is 3.29. The molecule has 22 heavy (non-hydrogen) atoms. The van der Waals surface area contributed by atoms with Crippen LogP contribution in [0.4, 0.5) is 5.69 Å². The second kappa shape index (κ2) is 6.35. The van der Waals surface area contributed by atoms with Crippen LogP contribution in [0.25, 0.3) is 0 Å². The minimum absolute atomic E-state index is 0.139. The van der Waals surface area contributed by atoms with Crippen molar-refractivity contribution in [1.29, 1.82) is 0 Å². The van der Waals surface area contributed by atoms with Crippen LogP contribution in [0.1, 0.15) is 20.0 Å². The van der Waals surface area contributed by atoms with E-state index < -0.39 is 11.9 Å². The number of aromatic carboxylic acids is 1. The second-order valence-electron chi connectivity index (χ2n) is 4.25. The number of nitrogens with zero attached hydrogens (tertiary/aromatic N) is 2. The van der Waals surface area contributed by atoms with Gasteiger partial charge in [0.1, 0.15) is 4.88 Å². The standard InChI is InChI=1S/C14H12N2O5S/c1-16-11(17)7-10(13(20)21-2)22-14(16)15-9-5-3-8(4-6-9)12(18)19/h3-7H,1-2H3,(H,18,19). The van der Waals surface area contributed by atoms with Crippen LogP contribution in [-0.2, 0) is 11.8 Å². The first-order valence-corrected chi connectivity index (χ1v) is 6.91. The molecule has 0 spiro atoms. The van der Waals surface area contributed by atoms with Gasteiger partial charge in [-0.25, -0.2) is 14.6 Å². The fourth-order valence-electron chi connectivity index (χ4n) is 1.59. The maximum atomic E-state index is 11.8. The molecule has 8 heteroatoms. The first-order valence-electron chi connectivity index (χ1n) is 6.10. The molecular weight excluding hydrogens is 308 g/mol. The molecule has 1 N–H and O–H groups in total. The van der Waals surface area contributed by atoms with Crippen molar-refractivity contribution >= 4 is 29.0 Å². The van der Waals surface area contributed by atoms with Crippen molar-refractivity contribution in [1.82, 2.24) is 4.57 Å². The average Bonchev–Trinajstić information content (AvgIpc) is 2.51. The van der Waals surface area contributed by atoms with Crippen molar-refractivity contribution in [3.8, 4) is 0 Å². The zero-order valence-corrected chi connectivity index (χ0v) is 12.6. The summed E-state index contributed by atoms with van der Waals surface area (Å²) in [4.78, 5) is 38.9. The van der Waals surface area contributed by atoms with Gasteiger partial charge in [0.15, 0.2) is 4.80 Å². The van der Waals surface area contributed by atoms with E-state index in [0.29, 0.717) is 10.5 Å². The molecule has 0 amide bonds. The summed E-state index contributed by atoms with van der Waals surface area (Å²) in [7, 11) is 2.76. The van der Waals surface area contributed by atoms with E-state index in [0.717, 1.165) is 11.3 Å². The molecule has 2 rings (SSSR count). The van der Waals surface area contributed by atoms with Gasteiger partial charge in [-0.1, -0.05) is 11.3 Å². The van der Waals surface area contributed by atoms with Crippen molar-refractivity contribution in [2.24, 2.45) is 12.0 Å². The first kappa shape index (κ1) is 15.6. The molecule has 0 aliphatic heterocycles. The summed E-state index contributed by atoms with van der Waals surface area (Å²) in [6, 6.07) is 7.04. The molecule has 0 aliphatic rings. The van der Waals surface area contributed by atoms with Crippen LogP contribution in [0.5, 0.6) is 0 Å². The van der Waals surface area contributed by atoms with E-state index in [1.807, 2.05) is 0 Å². The fourth-order valence-corrected chi connectivity index (χ4v) is 2.49. The van der Waals surface area contributed by atoms with Crippen molar-refractivity contribution < 1.29 is 19.4 Å². The maximum absolute atomic E-state index is 11.8. The Morgan fingerprint density at radius 1 is 1.27 bits per heavy atom. The molecule has 1 aromatic carbocycles. The highest BCUT2D eigenvalue weighted by atomic mass is 32.1. The van der Waals surface area contributed by atoms with Gasteiger partial charge in [-0.05, 0) is 24.3 Å². The van der Waals surface area contributed by atoms with Crippen LogP contribution >= 0.6 is 11.3 Å². The topological polar surface area (TPSA) is 98.0 Å². The Bertz CT molecular complexity index is 849. The minimum Gasteiger partial charge on any atom is -0.478 e. The van der Waals surface area contributed by atoms with Crippen LogP contribution in [0.2, 0.25) is 0 Å². The lowest BCUT2D eigenvalue weighted by molar-refractivity contribution is 0.0604. The summed E-state index contributed by atoms with van der Waals surface area (Å²) in [6.45, 7) is 0. The molecule has 0 bridgehead atoms. The lowest BCUT2D eigenvalue weighted by Gasteiger charge is -2.02. The monoisotopic (exact) mass is 320 g/mol. The highest BCUT2D eigenvalue weighted by molar-refractivity contribution is 7.11. The summed E-state index contributed by atoms with van der Waals surface area (Å²) in [6.07, 6.45) is 0. The van der Waals surface area contributed by atoms with Crippen molar-refractivity contribution in [2.75, 3.05) is 7.11 Å². The third-order valence-electron chi connectivity index (χ3n) is 2.80. The fraction of sp³-hybridized carbons (Fsp3) is 0.143. The van der Waals surface area contributed by atoms with Crippen LogP contribution in [0.3, 0.4) is 0 Å². The van der Waals surface area contributed by atoms with E-state index in [2.05, 4.69) is 9.73 Å². The van der Waals surface area contributed by atoms with Gasteiger partial charge in [-0.2, -0.15) is 0 Å². The van der Waals surface area contributed by atoms with Gasteiger partial charge in [-0.15, -0.1) is 0 Å². The lowest BCUT2D eigenvalue weighted by Crippen LogP contribution is -2.29. The molecule has 2 aromatic rings.